The maximum Gasteiger partial charge on any atom is 0.410 e. The van der Waals surface area contributed by atoms with Crippen molar-refractivity contribution < 1.29 is 19.4 Å². The van der Waals surface area contributed by atoms with Crippen LogP contribution in [0.1, 0.15) is 37.8 Å². The Morgan fingerprint density at radius 3 is 2.10 bits per heavy atom. The van der Waals surface area contributed by atoms with E-state index in [9.17, 15) is 14.7 Å². The number of ether oxygens (including phenoxy) is 1. The van der Waals surface area contributed by atoms with E-state index in [4.69, 9.17) is 4.74 Å². The van der Waals surface area contributed by atoms with E-state index in [-0.39, 0.29) is 23.0 Å². The van der Waals surface area contributed by atoms with Gasteiger partial charge in [0, 0.05) is 23.5 Å². The van der Waals surface area contributed by atoms with Gasteiger partial charge in [-0.3, -0.25) is 4.90 Å². The first-order valence-electron chi connectivity index (χ1n) is 9.80. The third-order valence-electron chi connectivity index (χ3n) is 4.91. The topological polar surface area (TPSA) is 66.8 Å². The highest BCUT2D eigenvalue weighted by Crippen LogP contribution is 2.44. The van der Waals surface area contributed by atoms with Crippen molar-refractivity contribution in [2.45, 2.75) is 37.5 Å². The molecule has 30 heavy (non-hydrogen) atoms. The summed E-state index contributed by atoms with van der Waals surface area (Å²) in [7, 11) is 4.54. The summed E-state index contributed by atoms with van der Waals surface area (Å²) in [6.07, 6.45) is -0.620. The van der Waals surface area contributed by atoms with E-state index >= 15 is 0 Å². The number of carbonyl (C=O) groups excluding carboxylic acids is 1. The van der Waals surface area contributed by atoms with E-state index in [2.05, 4.69) is 45.0 Å². The van der Waals surface area contributed by atoms with Crippen molar-refractivity contribution in [3.8, 4) is 11.1 Å². The van der Waals surface area contributed by atoms with Gasteiger partial charge < -0.3 is 9.84 Å². The monoisotopic (exact) mass is 445 g/mol. The maximum absolute atomic E-state index is 12.7. The number of carboxylic acid groups (broad SMARTS) is 1. The van der Waals surface area contributed by atoms with Crippen molar-refractivity contribution in [3.05, 3.63) is 59.7 Å². The van der Waals surface area contributed by atoms with E-state index in [1.54, 1.807) is 10.8 Å². The lowest BCUT2D eigenvalue weighted by atomic mass is 9.98. The molecule has 0 heterocycles. The highest BCUT2D eigenvalue weighted by Gasteiger charge is 2.32. The SMILES string of the molecule is CN(C(=O)OCC1c2ccccc2-c2ccccc21)C(CSSC(C)(C)C)C(=O)O. The fourth-order valence-electron chi connectivity index (χ4n) is 3.45. The number of hydrogen-bond donors (Lipinski definition) is 1. The minimum absolute atomic E-state index is 0.00998. The Balaban J connectivity index is 1.66. The van der Waals surface area contributed by atoms with Crippen molar-refractivity contribution in [2.24, 2.45) is 0 Å². The molecule has 1 N–H and O–H groups in total. The normalized spacial score (nSPS) is 14.0. The summed E-state index contributed by atoms with van der Waals surface area (Å²) in [4.78, 5) is 25.6. The molecule has 0 spiro atoms. The fraction of sp³-hybridized carbons (Fsp3) is 0.391. The molecule has 160 valence electrons. The molecule has 0 saturated carbocycles. The zero-order valence-corrected chi connectivity index (χ0v) is 19.3. The Bertz CT molecular complexity index is 880. The molecule has 0 radical (unpaired) electrons. The smallest absolute Gasteiger partial charge is 0.410 e. The molecule has 0 bridgehead atoms. The highest BCUT2D eigenvalue weighted by molar-refractivity contribution is 8.77. The van der Waals surface area contributed by atoms with E-state index < -0.39 is 18.1 Å². The molecule has 1 aliphatic carbocycles. The maximum atomic E-state index is 12.7. The van der Waals surface area contributed by atoms with Gasteiger partial charge in [-0.25, -0.2) is 9.59 Å². The Hall–Kier alpha value is -2.12. The minimum atomic E-state index is -1.03. The van der Waals surface area contributed by atoms with Gasteiger partial charge in [-0.15, -0.1) is 0 Å². The molecule has 1 amide bonds. The van der Waals surface area contributed by atoms with Crippen LogP contribution in [0.4, 0.5) is 4.79 Å². The van der Waals surface area contributed by atoms with E-state index in [0.717, 1.165) is 22.3 Å². The number of nitrogens with zero attached hydrogens (tertiary/aromatic N) is 1. The Labute approximate surface area is 185 Å². The lowest BCUT2D eigenvalue weighted by Crippen LogP contribution is -2.44. The van der Waals surface area contributed by atoms with Gasteiger partial charge in [-0.1, -0.05) is 90.9 Å². The van der Waals surface area contributed by atoms with Gasteiger partial charge in [0.2, 0.25) is 0 Å². The average molecular weight is 446 g/mol. The predicted molar refractivity (Wildman–Crippen MR) is 124 cm³/mol. The van der Waals surface area contributed by atoms with Crippen molar-refractivity contribution >= 4 is 33.7 Å². The van der Waals surface area contributed by atoms with Crippen LogP contribution in [0.25, 0.3) is 11.1 Å². The molecule has 1 atom stereocenters. The van der Waals surface area contributed by atoms with Crippen LogP contribution in [-0.4, -0.2) is 52.3 Å². The molecule has 0 fully saturated rings. The minimum Gasteiger partial charge on any atom is -0.480 e. The van der Waals surface area contributed by atoms with Gasteiger partial charge in [0.1, 0.15) is 12.6 Å². The third kappa shape index (κ3) is 5.13. The van der Waals surface area contributed by atoms with E-state index in [1.807, 2.05) is 24.3 Å². The van der Waals surface area contributed by atoms with E-state index in [1.165, 1.54) is 22.7 Å². The van der Waals surface area contributed by atoms with Crippen LogP contribution in [-0.2, 0) is 9.53 Å². The zero-order valence-electron chi connectivity index (χ0n) is 17.6. The molecule has 1 aliphatic rings. The summed E-state index contributed by atoms with van der Waals surface area (Å²) in [6.45, 7) is 6.37. The second kappa shape index (κ2) is 9.35. The second-order valence-corrected chi connectivity index (χ2v) is 11.4. The summed E-state index contributed by atoms with van der Waals surface area (Å²) in [5.41, 5.74) is 4.56. The Morgan fingerprint density at radius 1 is 1.07 bits per heavy atom. The average Bonchev–Trinajstić information content (AvgIpc) is 3.02. The lowest BCUT2D eigenvalue weighted by Gasteiger charge is -2.26. The molecular weight excluding hydrogens is 418 g/mol. The Morgan fingerprint density at radius 2 is 1.60 bits per heavy atom. The Kier molecular flexibility index (Phi) is 7.03. The molecule has 0 aromatic heterocycles. The molecule has 2 aromatic carbocycles. The molecule has 0 aliphatic heterocycles. The summed E-state index contributed by atoms with van der Waals surface area (Å²) in [6, 6.07) is 15.3. The molecular formula is C23H27NO4S2. The highest BCUT2D eigenvalue weighted by atomic mass is 33.1. The first kappa shape index (κ1) is 22.6. The predicted octanol–water partition coefficient (Wildman–Crippen LogP) is 5.50. The van der Waals surface area contributed by atoms with Crippen LogP contribution < -0.4 is 0 Å². The van der Waals surface area contributed by atoms with Crippen molar-refractivity contribution in [1.82, 2.24) is 4.90 Å². The quantitative estimate of drug-likeness (QED) is 0.568. The number of carboxylic acids is 1. The van der Waals surface area contributed by atoms with Crippen LogP contribution in [0.2, 0.25) is 0 Å². The largest absolute Gasteiger partial charge is 0.480 e. The van der Waals surface area contributed by atoms with Gasteiger partial charge in [0.05, 0.1) is 0 Å². The summed E-state index contributed by atoms with van der Waals surface area (Å²) >= 11 is 0. The van der Waals surface area contributed by atoms with Gasteiger partial charge in [0.15, 0.2) is 0 Å². The molecule has 3 rings (SSSR count). The van der Waals surface area contributed by atoms with Crippen LogP contribution in [0, 0.1) is 0 Å². The number of carbonyl (C=O) groups is 2. The molecule has 7 heteroatoms. The second-order valence-electron chi connectivity index (χ2n) is 8.25. The van der Waals surface area contributed by atoms with Crippen LogP contribution in [0.15, 0.2) is 48.5 Å². The van der Waals surface area contributed by atoms with Gasteiger partial charge >= 0.3 is 12.1 Å². The zero-order chi connectivity index (χ0) is 21.9. The summed E-state index contributed by atoms with van der Waals surface area (Å²) in [5.74, 6) is -0.797. The van der Waals surface area contributed by atoms with Crippen LogP contribution in [0.3, 0.4) is 0 Å². The number of amides is 1. The first-order chi connectivity index (χ1) is 14.2. The number of likely N-dealkylation sites (N-methyl/N-ethyl adjacent to an activating group) is 1. The lowest BCUT2D eigenvalue weighted by molar-refractivity contribution is -0.141. The van der Waals surface area contributed by atoms with Gasteiger partial charge in [0.25, 0.3) is 0 Å². The fourth-order valence-corrected chi connectivity index (χ4v) is 6.02. The molecule has 1 unspecified atom stereocenters. The summed E-state index contributed by atoms with van der Waals surface area (Å²) in [5, 5.41) is 9.59. The number of hydrogen-bond acceptors (Lipinski definition) is 5. The van der Waals surface area contributed by atoms with Crippen molar-refractivity contribution in [1.29, 1.82) is 0 Å². The third-order valence-corrected chi connectivity index (χ3v) is 8.24. The number of rotatable bonds is 7. The summed E-state index contributed by atoms with van der Waals surface area (Å²) < 4.78 is 5.60. The van der Waals surface area contributed by atoms with Gasteiger partial charge in [-0.05, 0) is 22.3 Å². The number of benzene rings is 2. The van der Waals surface area contributed by atoms with Gasteiger partial charge in [-0.2, -0.15) is 0 Å². The van der Waals surface area contributed by atoms with Crippen LogP contribution in [0.5, 0.6) is 0 Å². The van der Waals surface area contributed by atoms with Crippen molar-refractivity contribution in [2.75, 3.05) is 19.4 Å². The first-order valence-corrected chi connectivity index (χ1v) is 12.1. The van der Waals surface area contributed by atoms with Crippen molar-refractivity contribution in [3.63, 3.8) is 0 Å². The van der Waals surface area contributed by atoms with E-state index in [0.29, 0.717) is 0 Å². The van der Waals surface area contributed by atoms with Crippen LogP contribution >= 0.6 is 21.6 Å². The molecule has 2 aromatic rings. The molecule has 0 saturated heterocycles. The molecule has 5 nitrogen and oxygen atoms in total. The standard InChI is InChI=1S/C23H27NO4S2/c1-23(2,3)30-29-14-20(21(25)26)24(4)22(27)28-13-19-17-11-7-5-9-15(17)16-10-6-8-12-18(16)19/h5-12,19-20H,13-14H2,1-4H3,(H,25,26). The number of fused-ring (bicyclic) bond motifs is 3. The number of aliphatic carboxylic acids is 1.